The van der Waals surface area contributed by atoms with Gasteiger partial charge in [-0.3, -0.25) is 14.7 Å². The molecule has 0 radical (unpaired) electrons. The second-order valence-electron chi connectivity index (χ2n) is 10.7. The molecule has 0 aliphatic carbocycles. The number of carbonyl (C=O) groups excluding carboxylic acids is 1. The summed E-state index contributed by atoms with van der Waals surface area (Å²) in [5.41, 5.74) is 14.6. The zero-order valence-corrected chi connectivity index (χ0v) is 23.2. The van der Waals surface area contributed by atoms with Crippen molar-refractivity contribution in [3.63, 3.8) is 0 Å². The van der Waals surface area contributed by atoms with Crippen molar-refractivity contribution in [3.05, 3.63) is 125 Å². The first kappa shape index (κ1) is 26.7. The van der Waals surface area contributed by atoms with Crippen LogP contribution in [-0.4, -0.2) is 48.1 Å². The molecule has 2 atom stereocenters. The Morgan fingerprint density at radius 2 is 1.80 bits per heavy atom. The molecule has 41 heavy (non-hydrogen) atoms. The van der Waals surface area contributed by atoms with E-state index in [4.69, 9.17) is 10.5 Å². The number of anilines is 2. The number of nitrogens with one attached hydrogen (secondary N) is 2. The van der Waals surface area contributed by atoms with Crippen molar-refractivity contribution in [3.8, 4) is 0 Å². The molecule has 4 aromatic rings. The van der Waals surface area contributed by atoms with Gasteiger partial charge in [-0.05, 0) is 53.6 Å². The van der Waals surface area contributed by atoms with Crippen LogP contribution in [0, 0.1) is 0 Å². The van der Waals surface area contributed by atoms with E-state index < -0.39 is 5.91 Å². The molecule has 1 amide bonds. The van der Waals surface area contributed by atoms with E-state index in [9.17, 15) is 4.79 Å². The molecule has 2 aliphatic heterocycles. The maximum atomic E-state index is 12.2. The van der Waals surface area contributed by atoms with E-state index >= 15 is 0 Å². The predicted molar refractivity (Wildman–Crippen MR) is 164 cm³/mol. The average Bonchev–Trinajstić information content (AvgIpc) is 3.40. The number of carbonyl (C=O) groups is 1. The molecule has 3 heterocycles. The predicted octanol–water partition coefficient (Wildman–Crippen LogP) is 5.59. The van der Waals surface area contributed by atoms with Crippen LogP contribution in [0.15, 0.2) is 97.3 Å². The number of pyridine rings is 1. The highest BCUT2D eigenvalue weighted by molar-refractivity contribution is 6.05. The van der Waals surface area contributed by atoms with Crippen molar-refractivity contribution in [1.82, 2.24) is 9.88 Å². The minimum absolute atomic E-state index is 0.0566. The van der Waals surface area contributed by atoms with Gasteiger partial charge in [-0.25, -0.2) is 0 Å². The third-order valence-electron chi connectivity index (χ3n) is 7.99. The van der Waals surface area contributed by atoms with Gasteiger partial charge < -0.3 is 21.1 Å². The van der Waals surface area contributed by atoms with Gasteiger partial charge in [-0.2, -0.15) is 0 Å². The number of fused-ring (bicyclic) bond motifs is 1. The first-order valence-electron chi connectivity index (χ1n) is 14.1. The topological polar surface area (TPSA) is 92.5 Å². The molecule has 4 N–H and O–H groups in total. The van der Waals surface area contributed by atoms with E-state index in [-0.39, 0.29) is 12.0 Å². The minimum Gasteiger partial charge on any atom is -0.379 e. The molecule has 7 nitrogen and oxygen atoms in total. The highest BCUT2D eigenvalue weighted by Crippen LogP contribution is 2.45. The van der Waals surface area contributed by atoms with Gasteiger partial charge >= 0.3 is 0 Å². The highest BCUT2D eigenvalue weighted by atomic mass is 16.5. The van der Waals surface area contributed by atoms with Gasteiger partial charge in [0.25, 0.3) is 0 Å². The largest absolute Gasteiger partial charge is 0.379 e. The van der Waals surface area contributed by atoms with Crippen molar-refractivity contribution in [2.45, 2.75) is 25.4 Å². The molecular formula is C34H35N5O2. The molecule has 208 valence electrons. The maximum Gasteiger partial charge on any atom is 0.248 e. The third-order valence-corrected chi connectivity index (χ3v) is 7.99. The molecule has 0 saturated carbocycles. The van der Waals surface area contributed by atoms with Gasteiger partial charge in [0.05, 0.1) is 25.0 Å². The standard InChI is InChI=1S/C34H35N5O2/c1-23(25-6-3-2-4-7-25)32-31(29-20-26(34(35)40)11-14-30(29)38-32)33(27-8-5-15-36-21-27)37-28-12-9-24(10-13-28)22-39-16-18-41-19-17-39/h2-15,20-21,23,32,37-38H,16-19,22H2,1H3,(H2,35,40)/t23-,32?/m1/s1. The summed E-state index contributed by atoms with van der Waals surface area (Å²) in [5.74, 6) is -0.307. The first-order valence-corrected chi connectivity index (χ1v) is 14.1. The fourth-order valence-electron chi connectivity index (χ4n) is 5.73. The van der Waals surface area contributed by atoms with Crippen molar-refractivity contribution < 1.29 is 9.53 Å². The number of rotatable bonds is 8. The number of ether oxygens (including phenoxy) is 1. The van der Waals surface area contributed by atoms with Crippen LogP contribution < -0.4 is 16.4 Å². The summed E-state index contributed by atoms with van der Waals surface area (Å²) < 4.78 is 5.50. The summed E-state index contributed by atoms with van der Waals surface area (Å²) >= 11 is 0. The second kappa shape index (κ2) is 12.0. The number of hydrogen-bond acceptors (Lipinski definition) is 6. The molecular weight excluding hydrogens is 510 g/mol. The van der Waals surface area contributed by atoms with E-state index in [0.29, 0.717) is 5.56 Å². The van der Waals surface area contributed by atoms with E-state index in [1.54, 1.807) is 12.3 Å². The lowest BCUT2D eigenvalue weighted by molar-refractivity contribution is 0.0342. The summed E-state index contributed by atoms with van der Waals surface area (Å²) in [6.45, 7) is 6.63. The Morgan fingerprint density at radius 3 is 2.51 bits per heavy atom. The molecule has 7 heteroatoms. The Kier molecular flexibility index (Phi) is 7.80. The van der Waals surface area contributed by atoms with Gasteiger partial charge in [0, 0.05) is 71.6 Å². The summed E-state index contributed by atoms with van der Waals surface area (Å²) in [4.78, 5) is 19.1. The lowest BCUT2D eigenvalue weighted by Gasteiger charge is -2.27. The fourth-order valence-corrected chi connectivity index (χ4v) is 5.73. The Morgan fingerprint density at radius 1 is 1.02 bits per heavy atom. The van der Waals surface area contributed by atoms with Crippen LogP contribution in [0.2, 0.25) is 0 Å². The van der Waals surface area contributed by atoms with Crippen LogP contribution in [0.1, 0.15) is 45.5 Å². The normalized spacial score (nSPS) is 18.7. The Labute approximate surface area is 241 Å². The Hall–Kier alpha value is -4.46. The molecule has 3 aromatic carbocycles. The van der Waals surface area contributed by atoms with Crippen molar-refractivity contribution >= 4 is 28.6 Å². The zero-order valence-electron chi connectivity index (χ0n) is 23.2. The monoisotopic (exact) mass is 545 g/mol. The molecule has 1 fully saturated rings. The number of morpholine rings is 1. The number of primary amides is 1. The average molecular weight is 546 g/mol. The number of nitrogens with zero attached hydrogens (tertiary/aromatic N) is 2. The number of aromatic nitrogens is 1. The van der Waals surface area contributed by atoms with Gasteiger partial charge in [0.15, 0.2) is 0 Å². The first-order chi connectivity index (χ1) is 20.1. The SMILES string of the molecule is C[C@H](c1ccccc1)C1Nc2ccc(C(N)=O)cc2C1=C(Nc1ccc(CN2CCOCC2)cc1)c1cccnc1. The van der Waals surface area contributed by atoms with Gasteiger partial charge in [-0.15, -0.1) is 0 Å². The third kappa shape index (κ3) is 5.87. The van der Waals surface area contributed by atoms with E-state index in [0.717, 1.165) is 66.6 Å². The van der Waals surface area contributed by atoms with Crippen LogP contribution in [0.4, 0.5) is 11.4 Å². The van der Waals surface area contributed by atoms with Crippen LogP contribution in [0.25, 0.3) is 11.3 Å². The van der Waals surface area contributed by atoms with Crippen LogP contribution in [0.3, 0.4) is 0 Å². The molecule has 6 rings (SSSR count). The van der Waals surface area contributed by atoms with Gasteiger partial charge in [0.1, 0.15) is 0 Å². The lowest BCUT2D eigenvalue weighted by Crippen LogP contribution is -2.35. The summed E-state index contributed by atoms with van der Waals surface area (Å²) in [7, 11) is 0. The van der Waals surface area contributed by atoms with Crippen LogP contribution in [0.5, 0.6) is 0 Å². The van der Waals surface area contributed by atoms with Crippen LogP contribution >= 0.6 is 0 Å². The number of benzene rings is 3. The molecule has 0 bridgehead atoms. The summed E-state index contributed by atoms with van der Waals surface area (Å²) in [6, 6.07) is 28.7. The molecule has 2 aliphatic rings. The molecule has 1 aromatic heterocycles. The quantitative estimate of drug-likeness (QED) is 0.267. The second-order valence-corrected chi connectivity index (χ2v) is 10.7. The molecule has 1 saturated heterocycles. The van der Waals surface area contributed by atoms with Crippen molar-refractivity contribution in [2.75, 3.05) is 36.9 Å². The lowest BCUT2D eigenvalue weighted by atomic mass is 9.85. The summed E-state index contributed by atoms with van der Waals surface area (Å²) in [5, 5.41) is 7.50. The molecule has 1 unspecified atom stereocenters. The number of amides is 1. The van der Waals surface area contributed by atoms with Gasteiger partial charge in [-0.1, -0.05) is 49.4 Å². The Bertz CT molecular complexity index is 1530. The summed E-state index contributed by atoms with van der Waals surface area (Å²) in [6.07, 6.45) is 3.66. The number of hydrogen-bond donors (Lipinski definition) is 3. The maximum absolute atomic E-state index is 12.2. The van der Waals surface area contributed by atoms with Gasteiger partial charge in [0.2, 0.25) is 5.91 Å². The number of nitrogens with two attached hydrogens (primary N) is 1. The fraction of sp³-hybridized carbons (Fsp3) is 0.235. The van der Waals surface area contributed by atoms with Crippen molar-refractivity contribution in [2.24, 2.45) is 5.73 Å². The molecule has 0 spiro atoms. The minimum atomic E-state index is -0.446. The Balaban J connectivity index is 1.43. The van der Waals surface area contributed by atoms with Crippen LogP contribution in [-0.2, 0) is 11.3 Å². The zero-order chi connectivity index (χ0) is 28.2. The smallest absolute Gasteiger partial charge is 0.248 e. The van der Waals surface area contributed by atoms with E-state index in [1.165, 1.54) is 11.1 Å². The highest BCUT2D eigenvalue weighted by Gasteiger charge is 2.34. The van der Waals surface area contributed by atoms with E-state index in [2.05, 4.69) is 82.0 Å². The van der Waals surface area contributed by atoms with Crippen molar-refractivity contribution in [1.29, 1.82) is 0 Å². The van der Waals surface area contributed by atoms with E-state index in [1.807, 2.05) is 30.5 Å².